The van der Waals surface area contributed by atoms with E-state index in [4.69, 9.17) is 0 Å². The first-order valence-corrected chi connectivity index (χ1v) is 7.61. The number of rotatable bonds is 4. The average Bonchev–Trinajstić information content (AvgIpc) is 2.61. The smallest absolute Gasteiger partial charge is 0.0857 e. The highest BCUT2D eigenvalue weighted by Crippen LogP contribution is 2.19. The summed E-state index contributed by atoms with van der Waals surface area (Å²) in [4.78, 5) is 0. The summed E-state index contributed by atoms with van der Waals surface area (Å²) in [5.41, 5.74) is 5.27. The van der Waals surface area contributed by atoms with Gasteiger partial charge in [-0.3, -0.25) is 0 Å². The molecule has 3 rings (SSSR count). The third-order valence-corrected chi connectivity index (χ3v) is 3.48. The van der Waals surface area contributed by atoms with Gasteiger partial charge in [0.25, 0.3) is 0 Å². The molecule has 3 aromatic rings. The molecule has 2 heteroatoms. The van der Waals surface area contributed by atoms with Crippen LogP contribution in [0.1, 0.15) is 16.7 Å². The van der Waals surface area contributed by atoms with Crippen molar-refractivity contribution >= 4 is 23.5 Å². The number of azo groups is 1. The summed E-state index contributed by atoms with van der Waals surface area (Å²) < 4.78 is 0. The van der Waals surface area contributed by atoms with Crippen molar-refractivity contribution in [1.82, 2.24) is 0 Å². The molecule has 0 radical (unpaired) electrons. The van der Waals surface area contributed by atoms with Crippen LogP contribution in [-0.4, -0.2) is 0 Å². The molecule has 0 atom stereocenters. The molecular weight excluding hydrogens is 280 g/mol. The Labute approximate surface area is 136 Å². The highest BCUT2D eigenvalue weighted by Gasteiger charge is 1.92. The predicted octanol–water partition coefficient (Wildman–Crippen LogP) is 6.58. The molecule has 112 valence electrons. The first kappa shape index (κ1) is 14.9. The number of benzene rings is 3. The van der Waals surface area contributed by atoms with Gasteiger partial charge in [-0.25, -0.2) is 0 Å². The van der Waals surface area contributed by atoms with Gasteiger partial charge in [0, 0.05) is 0 Å². The topological polar surface area (TPSA) is 24.7 Å². The SMILES string of the molecule is Cc1ccc(N=Nc2ccc(C=Cc3ccccc3)cc2)cc1. The minimum atomic E-state index is 0.849. The van der Waals surface area contributed by atoms with Crippen molar-refractivity contribution in [3.8, 4) is 0 Å². The van der Waals surface area contributed by atoms with E-state index < -0.39 is 0 Å². The fourth-order valence-corrected chi connectivity index (χ4v) is 2.14. The van der Waals surface area contributed by atoms with Gasteiger partial charge in [0.1, 0.15) is 0 Å². The zero-order valence-corrected chi connectivity index (χ0v) is 13.1. The van der Waals surface area contributed by atoms with Gasteiger partial charge < -0.3 is 0 Å². The second kappa shape index (κ2) is 7.32. The Morgan fingerprint density at radius 1 is 0.565 bits per heavy atom. The van der Waals surface area contributed by atoms with E-state index in [1.165, 1.54) is 11.1 Å². The summed E-state index contributed by atoms with van der Waals surface area (Å²) in [6.45, 7) is 2.06. The van der Waals surface area contributed by atoms with Crippen LogP contribution in [0.2, 0.25) is 0 Å². The summed E-state index contributed by atoms with van der Waals surface area (Å²) >= 11 is 0. The van der Waals surface area contributed by atoms with Gasteiger partial charge in [0.2, 0.25) is 0 Å². The van der Waals surface area contributed by atoms with Crippen molar-refractivity contribution in [2.75, 3.05) is 0 Å². The minimum Gasteiger partial charge on any atom is -0.151 e. The Bertz CT molecular complexity index is 799. The van der Waals surface area contributed by atoms with E-state index in [0.29, 0.717) is 0 Å². The van der Waals surface area contributed by atoms with Crippen molar-refractivity contribution in [3.05, 3.63) is 95.6 Å². The number of hydrogen-bond donors (Lipinski definition) is 0. The Balaban J connectivity index is 1.67. The lowest BCUT2D eigenvalue weighted by Crippen LogP contribution is -1.72. The van der Waals surface area contributed by atoms with E-state index in [1.54, 1.807) is 0 Å². The number of aryl methyl sites for hydroxylation is 1. The van der Waals surface area contributed by atoms with Crippen molar-refractivity contribution in [2.45, 2.75) is 6.92 Å². The zero-order valence-electron chi connectivity index (χ0n) is 13.1. The molecule has 0 saturated carbocycles. The lowest BCUT2D eigenvalue weighted by atomic mass is 10.1. The van der Waals surface area contributed by atoms with Crippen LogP contribution in [-0.2, 0) is 0 Å². The fourth-order valence-electron chi connectivity index (χ4n) is 2.14. The standard InChI is InChI=1S/C21H18N2/c1-17-7-13-20(14-8-17)22-23-21-15-11-19(12-16-21)10-9-18-5-3-2-4-6-18/h2-16H,1H3. The third kappa shape index (κ3) is 4.48. The van der Waals surface area contributed by atoms with E-state index in [2.05, 4.69) is 41.4 Å². The molecule has 0 amide bonds. The summed E-state index contributed by atoms with van der Waals surface area (Å²) in [6, 6.07) is 26.3. The van der Waals surface area contributed by atoms with Gasteiger partial charge in [-0.1, -0.05) is 72.3 Å². The Hall–Kier alpha value is -3.00. The Morgan fingerprint density at radius 2 is 1.04 bits per heavy atom. The van der Waals surface area contributed by atoms with E-state index in [0.717, 1.165) is 16.9 Å². The highest BCUT2D eigenvalue weighted by molar-refractivity contribution is 5.70. The Morgan fingerprint density at radius 3 is 1.61 bits per heavy atom. The molecule has 0 heterocycles. The first-order chi connectivity index (χ1) is 11.3. The van der Waals surface area contributed by atoms with Crippen molar-refractivity contribution in [2.24, 2.45) is 10.2 Å². The van der Waals surface area contributed by atoms with Gasteiger partial charge in [0.05, 0.1) is 11.4 Å². The molecule has 3 aromatic carbocycles. The summed E-state index contributed by atoms with van der Waals surface area (Å²) in [5, 5.41) is 8.51. The maximum Gasteiger partial charge on any atom is 0.0857 e. The summed E-state index contributed by atoms with van der Waals surface area (Å²) in [5.74, 6) is 0. The second-order valence-corrected chi connectivity index (χ2v) is 5.37. The lowest BCUT2D eigenvalue weighted by molar-refractivity contribution is 1.23. The average molecular weight is 298 g/mol. The third-order valence-electron chi connectivity index (χ3n) is 3.48. The monoisotopic (exact) mass is 298 g/mol. The molecule has 23 heavy (non-hydrogen) atoms. The maximum absolute atomic E-state index is 4.27. The molecule has 0 aromatic heterocycles. The van der Waals surface area contributed by atoms with Crippen LogP contribution in [0.15, 0.2) is 89.1 Å². The van der Waals surface area contributed by atoms with Crippen LogP contribution in [0.4, 0.5) is 11.4 Å². The molecule has 0 aliphatic rings. The van der Waals surface area contributed by atoms with E-state index in [1.807, 2.05) is 66.7 Å². The first-order valence-electron chi connectivity index (χ1n) is 7.61. The molecule has 0 unspecified atom stereocenters. The summed E-state index contributed by atoms with van der Waals surface area (Å²) in [7, 11) is 0. The van der Waals surface area contributed by atoms with Gasteiger partial charge in [-0.05, 0) is 42.3 Å². The van der Waals surface area contributed by atoms with Crippen LogP contribution < -0.4 is 0 Å². The van der Waals surface area contributed by atoms with E-state index in [9.17, 15) is 0 Å². The molecule has 0 N–H and O–H groups in total. The van der Waals surface area contributed by atoms with E-state index >= 15 is 0 Å². The molecule has 0 aliphatic heterocycles. The lowest BCUT2D eigenvalue weighted by Gasteiger charge is -1.97. The van der Waals surface area contributed by atoms with Crippen LogP contribution in [0, 0.1) is 6.92 Å². The minimum absolute atomic E-state index is 0.849. The van der Waals surface area contributed by atoms with E-state index in [-0.39, 0.29) is 0 Å². The molecule has 0 saturated heterocycles. The summed E-state index contributed by atoms with van der Waals surface area (Å²) in [6.07, 6.45) is 4.19. The predicted molar refractivity (Wildman–Crippen MR) is 97.2 cm³/mol. The molecule has 0 aliphatic carbocycles. The number of hydrogen-bond acceptors (Lipinski definition) is 2. The molecule has 2 nitrogen and oxygen atoms in total. The zero-order chi connectivity index (χ0) is 15.9. The van der Waals surface area contributed by atoms with Crippen LogP contribution in [0.25, 0.3) is 12.2 Å². The molecular formula is C21H18N2. The van der Waals surface area contributed by atoms with Gasteiger partial charge >= 0.3 is 0 Å². The fraction of sp³-hybridized carbons (Fsp3) is 0.0476. The van der Waals surface area contributed by atoms with Crippen molar-refractivity contribution < 1.29 is 0 Å². The molecule has 0 bridgehead atoms. The number of nitrogens with zero attached hydrogens (tertiary/aromatic N) is 2. The molecule has 0 fully saturated rings. The largest absolute Gasteiger partial charge is 0.151 e. The van der Waals surface area contributed by atoms with Crippen LogP contribution >= 0.6 is 0 Å². The Kier molecular flexibility index (Phi) is 4.75. The van der Waals surface area contributed by atoms with Crippen molar-refractivity contribution in [3.63, 3.8) is 0 Å². The van der Waals surface area contributed by atoms with Gasteiger partial charge in [-0.15, -0.1) is 0 Å². The normalized spacial score (nSPS) is 11.3. The quantitative estimate of drug-likeness (QED) is 0.384. The van der Waals surface area contributed by atoms with Gasteiger partial charge in [0.15, 0.2) is 0 Å². The van der Waals surface area contributed by atoms with Crippen LogP contribution in [0.5, 0.6) is 0 Å². The second-order valence-electron chi connectivity index (χ2n) is 5.37. The highest BCUT2D eigenvalue weighted by atomic mass is 15.1. The molecule has 0 spiro atoms. The maximum atomic E-state index is 4.27. The van der Waals surface area contributed by atoms with Gasteiger partial charge in [-0.2, -0.15) is 10.2 Å². The van der Waals surface area contributed by atoms with Crippen LogP contribution in [0.3, 0.4) is 0 Å². The van der Waals surface area contributed by atoms with Crippen molar-refractivity contribution in [1.29, 1.82) is 0 Å².